The summed E-state index contributed by atoms with van der Waals surface area (Å²) in [6, 6.07) is 17.2. The predicted octanol–water partition coefficient (Wildman–Crippen LogP) is 3.16. The Bertz CT molecular complexity index is 1020. The van der Waals surface area contributed by atoms with Crippen molar-refractivity contribution >= 4 is 22.7 Å². The zero-order valence-electron chi connectivity index (χ0n) is 14.8. The van der Waals surface area contributed by atoms with Crippen LogP contribution in [0.25, 0.3) is 10.9 Å². The minimum absolute atomic E-state index is 0.103. The number of hydrogen-bond donors (Lipinski definition) is 0. The Balaban J connectivity index is 1.67. The van der Waals surface area contributed by atoms with Crippen LogP contribution in [0.4, 0.5) is 0 Å². The van der Waals surface area contributed by atoms with Gasteiger partial charge in [0.05, 0.1) is 17.5 Å². The van der Waals surface area contributed by atoms with Crippen LogP contribution in [0, 0.1) is 6.92 Å². The van der Waals surface area contributed by atoms with Crippen molar-refractivity contribution < 1.29 is 9.59 Å². The summed E-state index contributed by atoms with van der Waals surface area (Å²) in [6.45, 7) is 3.84. The van der Waals surface area contributed by atoms with Crippen molar-refractivity contribution in [3.05, 3.63) is 71.7 Å². The Kier molecular flexibility index (Phi) is 3.80. The molecule has 1 aromatic heterocycles. The number of aromatic nitrogens is 2. The molecule has 0 spiro atoms. The monoisotopic (exact) mass is 345 g/mol. The average molecular weight is 345 g/mol. The van der Waals surface area contributed by atoms with Crippen molar-refractivity contribution in [2.45, 2.75) is 32.2 Å². The first-order valence-electron chi connectivity index (χ1n) is 8.61. The van der Waals surface area contributed by atoms with Gasteiger partial charge in [0.2, 0.25) is 11.8 Å². The topological polar surface area (TPSA) is 63.2 Å². The first kappa shape index (κ1) is 16.4. The third-order valence-electron chi connectivity index (χ3n) is 5.07. The number of carbonyl (C=O) groups excluding carboxylic acids is 2. The molecule has 5 heteroatoms. The largest absolute Gasteiger partial charge is 0.274 e. The van der Waals surface area contributed by atoms with Gasteiger partial charge in [-0.1, -0.05) is 48.5 Å². The highest BCUT2D eigenvalue weighted by molar-refractivity contribution is 6.08. The lowest BCUT2D eigenvalue weighted by molar-refractivity contribution is -0.140. The second-order valence-electron chi connectivity index (χ2n) is 6.90. The van der Waals surface area contributed by atoms with Gasteiger partial charge in [0.25, 0.3) is 0 Å². The summed E-state index contributed by atoms with van der Waals surface area (Å²) >= 11 is 0. The van der Waals surface area contributed by atoms with E-state index < -0.39 is 5.41 Å². The number of aryl methyl sites for hydroxylation is 1. The van der Waals surface area contributed by atoms with Crippen LogP contribution in [0.15, 0.2) is 54.6 Å². The molecule has 26 heavy (non-hydrogen) atoms. The van der Waals surface area contributed by atoms with Gasteiger partial charge in [-0.05, 0) is 25.5 Å². The van der Waals surface area contributed by atoms with E-state index in [2.05, 4.69) is 9.97 Å². The molecule has 1 aliphatic heterocycles. The number of likely N-dealkylation sites (tertiary alicyclic amines) is 1. The summed E-state index contributed by atoms with van der Waals surface area (Å²) in [4.78, 5) is 35.9. The Labute approximate surface area is 151 Å². The average Bonchev–Trinajstić information content (AvgIpc) is 2.87. The summed E-state index contributed by atoms with van der Waals surface area (Å²) in [5.74, 6) is 0.110. The smallest absolute Gasteiger partial charge is 0.240 e. The highest BCUT2D eigenvalue weighted by atomic mass is 16.2. The Hall–Kier alpha value is -3.08. The fraction of sp³-hybridized carbons (Fsp3) is 0.238. The van der Waals surface area contributed by atoms with Gasteiger partial charge < -0.3 is 0 Å². The van der Waals surface area contributed by atoms with E-state index in [0.29, 0.717) is 5.82 Å². The molecule has 1 fully saturated rings. The molecule has 0 unspecified atom stereocenters. The SMILES string of the molecule is Cc1nc(CN2C(=O)C[C@@](C)(c3ccccc3)C2=O)nc2ccccc12. The van der Waals surface area contributed by atoms with Gasteiger partial charge in [0.1, 0.15) is 5.82 Å². The Morgan fingerprint density at radius 2 is 1.69 bits per heavy atom. The van der Waals surface area contributed by atoms with E-state index in [1.54, 1.807) is 0 Å². The number of nitrogens with zero attached hydrogens (tertiary/aromatic N) is 3. The van der Waals surface area contributed by atoms with Crippen LogP contribution in [0.2, 0.25) is 0 Å². The van der Waals surface area contributed by atoms with Crippen molar-refractivity contribution in [3.63, 3.8) is 0 Å². The molecule has 3 aromatic rings. The molecule has 5 nitrogen and oxygen atoms in total. The van der Waals surface area contributed by atoms with E-state index in [0.717, 1.165) is 22.2 Å². The van der Waals surface area contributed by atoms with Crippen molar-refractivity contribution in [3.8, 4) is 0 Å². The molecule has 130 valence electrons. The molecule has 2 aromatic carbocycles. The molecule has 0 saturated carbocycles. The molecule has 2 heterocycles. The van der Waals surface area contributed by atoms with Gasteiger partial charge in [0.15, 0.2) is 0 Å². The number of rotatable bonds is 3. The third-order valence-corrected chi connectivity index (χ3v) is 5.07. The Morgan fingerprint density at radius 3 is 2.46 bits per heavy atom. The van der Waals surface area contributed by atoms with E-state index in [4.69, 9.17) is 0 Å². The maximum Gasteiger partial charge on any atom is 0.240 e. The number of benzene rings is 2. The summed E-state index contributed by atoms with van der Waals surface area (Å²) in [5, 5.41) is 0.976. The number of fused-ring (bicyclic) bond motifs is 1. The van der Waals surface area contributed by atoms with Crippen LogP contribution in [0.1, 0.15) is 30.4 Å². The molecule has 0 aliphatic carbocycles. The van der Waals surface area contributed by atoms with Crippen LogP contribution in [0.3, 0.4) is 0 Å². The van der Waals surface area contributed by atoms with Crippen molar-refractivity contribution in [1.29, 1.82) is 0 Å². The quantitative estimate of drug-likeness (QED) is 0.684. The van der Waals surface area contributed by atoms with E-state index in [9.17, 15) is 9.59 Å². The molecular formula is C21H19N3O2. The minimum atomic E-state index is -0.829. The van der Waals surface area contributed by atoms with Crippen molar-refractivity contribution in [1.82, 2.24) is 14.9 Å². The van der Waals surface area contributed by atoms with Gasteiger partial charge in [-0.25, -0.2) is 9.97 Å². The highest BCUT2D eigenvalue weighted by Crippen LogP contribution is 2.36. The molecule has 0 radical (unpaired) electrons. The van der Waals surface area contributed by atoms with Crippen LogP contribution in [-0.2, 0) is 21.5 Å². The second kappa shape index (κ2) is 6.02. The van der Waals surface area contributed by atoms with Gasteiger partial charge in [-0.3, -0.25) is 14.5 Å². The molecule has 1 aliphatic rings. The van der Waals surface area contributed by atoms with Crippen LogP contribution < -0.4 is 0 Å². The van der Waals surface area contributed by atoms with E-state index in [-0.39, 0.29) is 24.8 Å². The molecule has 4 rings (SSSR count). The van der Waals surface area contributed by atoms with Crippen LogP contribution in [0.5, 0.6) is 0 Å². The van der Waals surface area contributed by atoms with E-state index in [1.165, 1.54) is 4.90 Å². The third kappa shape index (κ3) is 2.56. The standard InChI is InChI=1S/C21H19N3O2/c1-14-16-10-6-7-11-17(16)23-18(22-14)13-24-19(25)12-21(2,20(24)26)15-8-4-3-5-9-15/h3-11H,12-13H2,1-2H3/t21-/m0/s1. The summed E-state index contributed by atoms with van der Waals surface area (Å²) < 4.78 is 0. The number of hydrogen-bond acceptors (Lipinski definition) is 4. The molecule has 1 saturated heterocycles. The van der Waals surface area contributed by atoms with Crippen molar-refractivity contribution in [2.24, 2.45) is 0 Å². The fourth-order valence-electron chi connectivity index (χ4n) is 3.58. The maximum atomic E-state index is 13.0. The first-order chi connectivity index (χ1) is 12.5. The van der Waals surface area contributed by atoms with Crippen LogP contribution >= 0.6 is 0 Å². The van der Waals surface area contributed by atoms with Crippen LogP contribution in [-0.4, -0.2) is 26.7 Å². The molecular weight excluding hydrogens is 326 g/mol. The van der Waals surface area contributed by atoms with Gasteiger partial charge in [-0.2, -0.15) is 0 Å². The number of amides is 2. The Morgan fingerprint density at radius 1 is 1.00 bits per heavy atom. The lowest BCUT2D eigenvalue weighted by Gasteiger charge is -2.22. The summed E-state index contributed by atoms with van der Waals surface area (Å²) in [5.41, 5.74) is 1.69. The lowest BCUT2D eigenvalue weighted by Crippen LogP contribution is -2.36. The zero-order valence-corrected chi connectivity index (χ0v) is 14.8. The number of para-hydroxylation sites is 1. The normalized spacial score (nSPS) is 20.2. The van der Waals surface area contributed by atoms with Gasteiger partial charge >= 0.3 is 0 Å². The molecule has 2 amide bonds. The van der Waals surface area contributed by atoms with Crippen molar-refractivity contribution in [2.75, 3.05) is 0 Å². The van der Waals surface area contributed by atoms with E-state index in [1.807, 2.05) is 68.4 Å². The second-order valence-corrected chi connectivity index (χ2v) is 6.90. The van der Waals surface area contributed by atoms with Gasteiger partial charge in [0, 0.05) is 17.5 Å². The fourth-order valence-corrected chi connectivity index (χ4v) is 3.58. The molecule has 1 atom stereocenters. The number of imide groups is 1. The summed E-state index contributed by atoms with van der Waals surface area (Å²) in [6.07, 6.45) is 0.169. The van der Waals surface area contributed by atoms with Gasteiger partial charge in [-0.15, -0.1) is 0 Å². The first-order valence-corrected chi connectivity index (χ1v) is 8.61. The van der Waals surface area contributed by atoms with E-state index >= 15 is 0 Å². The highest BCUT2D eigenvalue weighted by Gasteiger charge is 2.49. The lowest BCUT2D eigenvalue weighted by atomic mass is 9.81. The predicted molar refractivity (Wildman–Crippen MR) is 98.2 cm³/mol. The molecule has 0 bridgehead atoms. The number of carbonyl (C=O) groups is 2. The molecule has 0 N–H and O–H groups in total. The summed E-state index contributed by atoms with van der Waals surface area (Å²) in [7, 11) is 0. The zero-order chi connectivity index (χ0) is 18.3. The minimum Gasteiger partial charge on any atom is -0.274 e. The maximum absolute atomic E-state index is 13.0.